The first kappa shape index (κ1) is 17.0. The van der Waals surface area contributed by atoms with Crippen molar-refractivity contribution < 1.29 is 4.79 Å². The second kappa shape index (κ2) is 6.78. The second-order valence-corrected chi connectivity index (χ2v) is 7.78. The first-order valence-electron chi connectivity index (χ1n) is 9.89. The van der Waals surface area contributed by atoms with Gasteiger partial charge in [-0.3, -0.25) is 5.10 Å². The number of anilines is 1. The van der Waals surface area contributed by atoms with Gasteiger partial charge in [-0.1, -0.05) is 30.3 Å². The van der Waals surface area contributed by atoms with Crippen molar-refractivity contribution in [3.8, 4) is 11.4 Å². The maximum atomic E-state index is 12.6. The number of aromatic amines is 1. The van der Waals surface area contributed by atoms with E-state index in [1.54, 1.807) is 0 Å². The average Bonchev–Trinajstić information content (AvgIpc) is 3.43. The lowest BCUT2D eigenvalue weighted by molar-refractivity contribution is 0.185. The minimum atomic E-state index is -0.247. The number of rotatable bonds is 5. The van der Waals surface area contributed by atoms with Crippen molar-refractivity contribution in [2.24, 2.45) is 0 Å². The number of amides is 2. The molecular weight excluding hydrogens is 350 g/mol. The van der Waals surface area contributed by atoms with Crippen LogP contribution in [-0.2, 0) is 5.54 Å². The van der Waals surface area contributed by atoms with E-state index in [1.807, 2.05) is 42.5 Å². The fraction of sp³-hybridized carbons (Fsp3) is 0.318. The number of benzene rings is 2. The number of H-pyrrole nitrogens is 1. The van der Waals surface area contributed by atoms with Crippen LogP contribution in [0, 0.1) is 0 Å². The Bertz CT molecular complexity index is 972. The summed E-state index contributed by atoms with van der Waals surface area (Å²) >= 11 is 0. The molecule has 2 aliphatic rings. The Morgan fingerprint density at radius 1 is 1.04 bits per heavy atom. The van der Waals surface area contributed by atoms with Gasteiger partial charge in [0.05, 0.1) is 5.54 Å². The Morgan fingerprint density at radius 3 is 2.43 bits per heavy atom. The van der Waals surface area contributed by atoms with Crippen LogP contribution in [0.15, 0.2) is 54.6 Å². The van der Waals surface area contributed by atoms with E-state index in [1.165, 1.54) is 18.4 Å². The van der Waals surface area contributed by atoms with Crippen LogP contribution >= 0.6 is 0 Å². The molecule has 0 atom stereocenters. The van der Waals surface area contributed by atoms with Crippen molar-refractivity contribution in [1.29, 1.82) is 0 Å². The van der Waals surface area contributed by atoms with Gasteiger partial charge in [0.2, 0.25) is 0 Å². The molecule has 0 bridgehead atoms. The maximum Gasteiger partial charge on any atom is 0.319 e. The van der Waals surface area contributed by atoms with Crippen LogP contribution in [0.2, 0.25) is 0 Å². The molecule has 1 aromatic heterocycles. The highest BCUT2D eigenvalue weighted by Crippen LogP contribution is 2.41. The van der Waals surface area contributed by atoms with E-state index >= 15 is 0 Å². The molecule has 2 saturated carbocycles. The summed E-state index contributed by atoms with van der Waals surface area (Å²) in [4.78, 5) is 17.1. The summed E-state index contributed by atoms with van der Waals surface area (Å²) < 4.78 is 0. The summed E-state index contributed by atoms with van der Waals surface area (Å²) in [6.07, 6.45) is 5.45. The number of nitrogens with zero attached hydrogens (tertiary/aromatic N) is 2. The summed E-state index contributed by atoms with van der Waals surface area (Å²) in [5, 5.41) is 13.5. The zero-order valence-electron chi connectivity index (χ0n) is 15.6. The number of nitrogens with one attached hydrogen (secondary N) is 3. The molecule has 1 heterocycles. The monoisotopic (exact) mass is 373 g/mol. The standard InChI is InChI=1S/C22H23N5O/c28-21(25-22(13-4-14-22)17-5-2-1-3-6-17)23-18-11-9-16(10-12-18)20-24-19(26-27-20)15-7-8-15/h1-3,5-6,9-12,15H,4,7-8,13-14H2,(H2,23,25,28)(H,24,26,27). The predicted octanol–water partition coefficient (Wildman–Crippen LogP) is 4.55. The van der Waals surface area contributed by atoms with Gasteiger partial charge in [-0.05, 0) is 61.9 Å². The molecule has 5 rings (SSSR count). The third kappa shape index (κ3) is 3.26. The minimum Gasteiger partial charge on any atom is -0.328 e. The van der Waals surface area contributed by atoms with Gasteiger partial charge in [-0.25, -0.2) is 9.78 Å². The van der Waals surface area contributed by atoms with E-state index in [-0.39, 0.29) is 11.6 Å². The lowest BCUT2D eigenvalue weighted by Gasteiger charge is -2.43. The molecular formula is C22H23N5O. The fourth-order valence-corrected chi connectivity index (χ4v) is 3.80. The molecule has 0 unspecified atom stereocenters. The first-order valence-corrected chi connectivity index (χ1v) is 9.89. The SMILES string of the molecule is O=C(Nc1ccc(-c2n[nH]c(C3CC3)n2)cc1)NC1(c2ccccc2)CCC1. The maximum absolute atomic E-state index is 12.6. The van der Waals surface area contributed by atoms with Gasteiger partial charge in [-0.15, -0.1) is 0 Å². The average molecular weight is 373 g/mol. The normalized spacial score (nSPS) is 17.6. The number of urea groups is 1. The largest absolute Gasteiger partial charge is 0.328 e. The van der Waals surface area contributed by atoms with E-state index in [0.717, 1.165) is 36.3 Å². The molecule has 3 N–H and O–H groups in total. The van der Waals surface area contributed by atoms with Gasteiger partial charge in [0.1, 0.15) is 5.82 Å². The molecule has 3 aromatic rings. The van der Waals surface area contributed by atoms with Crippen LogP contribution in [0.5, 0.6) is 0 Å². The van der Waals surface area contributed by atoms with Gasteiger partial charge >= 0.3 is 6.03 Å². The Kier molecular flexibility index (Phi) is 4.11. The first-order chi connectivity index (χ1) is 13.7. The summed E-state index contributed by atoms with van der Waals surface area (Å²) in [5.41, 5.74) is 2.61. The number of carbonyl (C=O) groups excluding carboxylic acids is 1. The topological polar surface area (TPSA) is 82.7 Å². The van der Waals surface area contributed by atoms with Crippen LogP contribution in [0.1, 0.15) is 49.4 Å². The Hall–Kier alpha value is -3.15. The zero-order chi connectivity index (χ0) is 19.0. The molecule has 0 saturated heterocycles. The third-order valence-electron chi connectivity index (χ3n) is 5.75. The molecule has 2 amide bonds. The predicted molar refractivity (Wildman–Crippen MR) is 108 cm³/mol. The molecule has 2 fully saturated rings. The lowest BCUT2D eigenvalue weighted by Crippen LogP contribution is -2.52. The van der Waals surface area contributed by atoms with Crippen molar-refractivity contribution in [3.63, 3.8) is 0 Å². The molecule has 6 nitrogen and oxygen atoms in total. The lowest BCUT2D eigenvalue weighted by atomic mass is 9.72. The minimum absolute atomic E-state index is 0.176. The Morgan fingerprint density at radius 2 is 1.79 bits per heavy atom. The summed E-state index contributed by atoms with van der Waals surface area (Å²) in [6, 6.07) is 17.7. The highest BCUT2D eigenvalue weighted by Gasteiger charge is 2.39. The summed E-state index contributed by atoms with van der Waals surface area (Å²) in [7, 11) is 0. The fourth-order valence-electron chi connectivity index (χ4n) is 3.80. The van der Waals surface area contributed by atoms with Crippen molar-refractivity contribution in [3.05, 3.63) is 66.0 Å². The molecule has 0 radical (unpaired) electrons. The van der Waals surface area contributed by atoms with Crippen LogP contribution in [0.3, 0.4) is 0 Å². The third-order valence-corrected chi connectivity index (χ3v) is 5.75. The van der Waals surface area contributed by atoms with Crippen molar-refractivity contribution in [2.45, 2.75) is 43.6 Å². The van der Waals surface area contributed by atoms with Crippen molar-refractivity contribution >= 4 is 11.7 Å². The zero-order valence-corrected chi connectivity index (χ0v) is 15.6. The quantitative estimate of drug-likeness (QED) is 0.613. The van der Waals surface area contributed by atoms with Gasteiger partial charge in [-0.2, -0.15) is 5.10 Å². The highest BCUT2D eigenvalue weighted by atomic mass is 16.2. The number of carbonyl (C=O) groups is 1. The summed E-state index contributed by atoms with van der Waals surface area (Å²) in [5.74, 6) is 2.23. The molecule has 6 heteroatoms. The van der Waals surface area contributed by atoms with Crippen LogP contribution in [-0.4, -0.2) is 21.2 Å². The number of hydrogen-bond acceptors (Lipinski definition) is 3. The molecule has 2 aliphatic carbocycles. The molecule has 142 valence electrons. The molecule has 0 spiro atoms. The van der Waals surface area contributed by atoms with Gasteiger partial charge in [0, 0.05) is 17.2 Å². The summed E-state index contributed by atoms with van der Waals surface area (Å²) in [6.45, 7) is 0. The van der Waals surface area contributed by atoms with E-state index in [9.17, 15) is 4.79 Å². The smallest absolute Gasteiger partial charge is 0.319 e. The highest BCUT2D eigenvalue weighted by molar-refractivity contribution is 5.90. The Balaban J connectivity index is 1.25. The number of hydrogen-bond donors (Lipinski definition) is 3. The van der Waals surface area contributed by atoms with Crippen molar-refractivity contribution in [2.75, 3.05) is 5.32 Å². The number of aromatic nitrogens is 3. The van der Waals surface area contributed by atoms with Gasteiger partial charge < -0.3 is 10.6 Å². The second-order valence-electron chi connectivity index (χ2n) is 7.78. The van der Waals surface area contributed by atoms with E-state index in [4.69, 9.17) is 0 Å². The Labute approximate surface area is 163 Å². The van der Waals surface area contributed by atoms with Crippen LogP contribution < -0.4 is 10.6 Å². The van der Waals surface area contributed by atoms with Gasteiger partial charge in [0.15, 0.2) is 5.82 Å². The van der Waals surface area contributed by atoms with Crippen LogP contribution in [0.25, 0.3) is 11.4 Å². The van der Waals surface area contributed by atoms with E-state index < -0.39 is 0 Å². The molecule has 0 aliphatic heterocycles. The van der Waals surface area contributed by atoms with Gasteiger partial charge in [0.25, 0.3) is 0 Å². The van der Waals surface area contributed by atoms with E-state index in [2.05, 4.69) is 37.9 Å². The van der Waals surface area contributed by atoms with Crippen molar-refractivity contribution in [1.82, 2.24) is 20.5 Å². The molecule has 2 aromatic carbocycles. The molecule has 28 heavy (non-hydrogen) atoms. The van der Waals surface area contributed by atoms with E-state index in [0.29, 0.717) is 11.7 Å². The van der Waals surface area contributed by atoms with Crippen LogP contribution in [0.4, 0.5) is 10.5 Å².